The minimum Gasteiger partial charge on any atom is -0.372 e. The minimum atomic E-state index is 0.250. The summed E-state index contributed by atoms with van der Waals surface area (Å²) in [6, 6.07) is 2.26. The molecule has 25 heavy (non-hydrogen) atoms. The number of carbonyl (C=O) groups excluding carboxylic acids is 2. The van der Waals surface area contributed by atoms with Crippen LogP contribution in [0.2, 0.25) is 0 Å². The highest BCUT2D eigenvalue weighted by Crippen LogP contribution is 2.32. The number of aryl methyl sites for hydroxylation is 1. The molecule has 2 aromatic rings. The van der Waals surface area contributed by atoms with Gasteiger partial charge in [0, 0.05) is 23.2 Å². The van der Waals surface area contributed by atoms with Crippen molar-refractivity contribution < 1.29 is 9.59 Å². The average molecular weight is 359 g/mol. The van der Waals surface area contributed by atoms with Crippen LogP contribution < -0.4 is 5.73 Å². The van der Waals surface area contributed by atoms with E-state index in [2.05, 4.69) is 60.2 Å². The third-order valence-corrected chi connectivity index (χ3v) is 3.91. The third kappa shape index (κ3) is 7.72. The highest BCUT2D eigenvalue weighted by molar-refractivity contribution is 7.19. The van der Waals surface area contributed by atoms with E-state index in [0.29, 0.717) is 5.92 Å². The Labute approximate surface area is 153 Å². The summed E-state index contributed by atoms with van der Waals surface area (Å²) in [6.45, 7) is 7.59. The van der Waals surface area contributed by atoms with Crippen LogP contribution in [0.4, 0.5) is 0 Å². The summed E-state index contributed by atoms with van der Waals surface area (Å²) in [5.74, 6) is 0.329. The summed E-state index contributed by atoms with van der Waals surface area (Å²) >= 11 is 1.81. The lowest BCUT2D eigenvalue weighted by Crippen LogP contribution is -1.92. The number of carbonyl (C=O) groups is 2. The van der Waals surface area contributed by atoms with Gasteiger partial charge in [0.2, 0.25) is 6.41 Å². The number of amides is 1. The molecule has 4 nitrogen and oxygen atoms in total. The Bertz CT molecular complexity index is 708. The molecule has 0 atom stereocenters. The van der Waals surface area contributed by atoms with Crippen molar-refractivity contribution in [3.63, 3.8) is 0 Å². The second kappa shape index (κ2) is 13.9. The zero-order valence-corrected chi connectivity index (χ0v) is 16.0. The molecule has 0 fully saturated rings. The highest BCUT2D eigenvalue weighted by Gasteiger charge is 2.11. The van der Waals surface area contributed by atoms with Crippen LogP contribution in [-0.4, -0.2) is 17.7 Å². The van der Waals surface area contributed by atoms with E-state index in [4.69, 9.17) is 9.59 Å². The Kier molecular flexibility index (Phi) is 12.5. The van der Waals surface area contributed by atoms with Gasteiger partial charge in [0.15, 0.2) is 0 Å². The fraction of sp³-hybridized carbons (Fsp3) is 0.250. The van der Waals surface area contributed by atoms with Crippen LogP contribution >= 0.6 is 11.3 Å². The molecule has 3 rings (SSSR count). The number of aldehydes is 1. The predicted octanol–water partition coefficient (Wildman–Crippen LogP) is 4.70. The van der Waals surface area contributed by atoms with Crippen molar-refractivity contribution >= 4 is 34.1 Å². The number of rotatable bonds is 1. The lowest BCUT2D eigenvalue weighted by atomic mass is 9.97. The number of nitrogens with two attached hydrogens (primary N) is 1. The first-order chi connectivity index (χ1) is 12.2. The van der Waals surface area contributed by atoms with Gasteiger partial charge in [-0.15, -0.1) is 11.3 Å². The molecule has 0 saturated carbocycles. The van der Waals surface area contributed by atoms with Crippen LogP contribution in [0.15, 0.2) is 54.9 Å². The SMILES string of the molecule is CC.CC=O.Cc1cc2c(C3C=CC=CC=C3)cncc2s1.NC=O. The Morgan fingerprint density at radius 2 is 1.60 bits per heavy atom. The largest absolute Gasteiger partial charge is 0.372 e. The van der Waals surface area contributed by atoms with Crippen molar-refractivity contribution in [2.24, 2.45) is 5.73 Å². The molecule has 0 bridgehead atoms. The molecule has 0 aromatic carbocycles. The van der Waals surface area contributed by atoms with Crippen LogP contribution in [0.1, 0.15) is 37.1 Å². The smallest absolute Gasteiger partial charge is 0.204 e. The average Bonchev–Trinajstić information content (AvgIpc) is 2.82. The number of hydrogen-bond acceptors (Lipinski definition) is 4. The summed E-state index contributed by atoms with van der Waals surface area (Å²) in [5.41, 5.74) is 5.46. The first-order valence-electron chi connectivity index (χ1n) is 8.08. The Morgan fingerprint density at radius 1 is 1.08 bits per heavy atom. The molecule has 2 N–H and O–H groups in total. The van der Waals surface area contributed by atoms with E-state index in [1.807, 2.05) is 37.6 Å². The van der Waals surface area contributed by atoms with Crippen LogP contribution in [-0.2, 0) is 9.59 Å². The van der Waals surface area contributed by atoms with Gasteiger partial charge in [-0.2, -0.15) is 0 Å². The number of hydrogen-bond donors (Lipinski definition) is 1. The van der Waals surface area contributed by atoms with Gasteiger partial charge in [-0.05, 0) is 30.9 Å². The molecule has 1 aliphatic carbocycles. The number of nitrogens with zero attached hydrogens (tertiary/aromatic N) is 1. The van der Waals surface area contributed by atoms with Crippen LogP contribution in [0.3, 0.4) is 0 Å². The Balaban J connectivity index is 0.000000624. The van der Waals surface area contributed by atoms with Gasteiger partial charge >= 0.3 is 0 Å². The lowest BCUT2D eigenvalue weighted by Gasteiger charge is -2.08. The number of thiophene rings is 1. The summed E-state index contributed by atoms with van der Waals surface area (Å²) in [5, 5.41) is 1.34. The monoisotopic (exact) mass is 358 g/mol. The van der Waals surface area contributed by atoms with E-state index >= 15 is 0 Å². The van der Waals surface area contributed by atoms with E-state index in [1.54, 1.807) is 0 Å². The summed E-state index contributed by atoms with van der Waals surface area (Å²) in [7, 11) is 0. The maximum atomic E-state index is 8.81. The fourth-order valence-corrected chi connectivity index (χ4v) is 3.07. The Hall–Kier alpha value is -2.53. The topological polar surface area (TPSA) is 73.1 Å². The Morgan fingerprint density at radius 3 is 2.12 bits per heavy atom. The highest BCUT2D eigenvalue weighted by atomic mass is 32.1. The van der Waals surface area contributed by atoms with Crippen molar-refractivity contribution in [3.05, 3.63) is 65.4 Å². The number of primary amides is 1. The van der Waals surface area contributed by atoms with Crippen molar-refractivity contribution in [1.29, 1.82) is 0 Å². The van der Waals surface area contributed by atoms with Crippen LogP contribution in [0.5, 0.6) is 0 Å². The summed E-state index contributed by atoms with van der Waals surface area (Å²) in [6.07, 6.45) is 17.7. The maximum Gasteiger partial charge on any atom is 0.204 e. The molecule has 0 spiro atoms. The van der Waals surface area contributed by atoms with Crippen LogP contribution in [0, 0.1) is 6.92 Å². The molecule has 2 heterocycles. The summed E-state index contributed by atoms with van der Waals surface area (Å²) < 4.78 is 1.28. The molecular weight excluding hydrogens is 332 g/mol. The third-order valence-electron chi connectivity index (χ3n) is 2.93. The standard InChI is InChI=1S/C15H13NS.C2H4O.C2H6.CH3NO/c1-11-8-13-14(9-16-10-15(13)17-11)12-6-4-2-3-5-7-12;1-2-3;1-2;2-1-3/h2-10,12H,1H3;2H,1H3;1-2H3;1H,(H2,2,3). The first-order valence-corrected chi connectivity index (χ1v) is 8.90. The zero-order chi connectivity index (χ0) is 19.1. The van der Waals surface area contributed by atoms with Crippen molar-refractivity contribution in [2.45, 2.75) is 33.6 Å². The molecule has 5 heteroatoms. The fourth-order valence-electron chi connectivity index (χ4n) is 2.14. The molecule has 1 amide bonds. The second-order valence-electron chi connectivity index (χ2n) is 4.55. The molecule has 1 aliphatic rings. The van der Waals surface area contributed by atoms with Crippen molar-refractivity contribution in [1.82, 2.24) is 4.98 Å². The molecule has 2 aromatic heterocycles. The second-order valence-corrected chi connectivity index (χ2v) is 5.84. The van der Waals surface area contributed by atoms with Crippen LogP contribution in [0.25, 0.3) is 10.1 Å². The van der Waals surface area contributed by atoms with E-state index in [0.717, 1.165) is 6.29 Å². The number of aromatic nitrogens is 1. The van der Waals surface area contributed by atoms with Gasteiger partial charge < -0.3 is 10.5 Å². The molecular formula is C20H26N2O2S. The number of fused-ring (bicyclic) bond motifs is 1. The van der Waals surface area contributed by atoms with Gasteiger partial charge in [0.05, 0.1) is 4.70 Å². The van der Waals surface area contributed by atoms with Gasteiger partial charge in [-0.1, -0.05) is 50.3 Å². The molecule has 0 radical (unpaired) electrons. The first kappa shape index (κ1) is 22.5. The molecule has 0 aliphatic heterocycles. The summed E-state index contributed by atoms with van der Waals surface area (Å²) in [4.78, 5) is 23.1. The molecule has 0 unspecified atom stereocenters. The normalized spacial score (nSPS) is 11.8. The molecule has 0 saturated heterocycles. The van der Waals surface area contributed by atoms with Gasteiger partial charge in [-0.25, -0.2) is 0 Å². The lowest BCUT2D eigenvalue weighted by molar-refractivity contribution is -0.107. The van der Waals surface area contributed by atoms with Gasteiger partial charge in [0.1, 0.15) is 6.29 Å². The predicted molar refractivity (Wildman–Crippen MR) is 108 cm³/mol. The van der Waals surface area contributed by atoms with E-state index in [-0.39, 0.29) is 6.41 Å². The van der Waals surface area contributed by atoms with E-state index in [1.165, 1.54) is 27.5 Å². The van der Waals surface area contributed by atoms with Gasteiger partial charge in [0.25, 0.3) is 0 Å². The maximum absolute atomic E-state index is 8.81. The minimum absolute atomic E-state index is 0.250. The molecule has 134 valence electrons. The van der Waals surface area contributed by atoms with Gasteiger partial charge in [-0.3, -0.25) is 9.78 Å². The number of pyridine rings is 1. The van der Waals surface area contributed by atoms with E-state index in [9.17, 15) is 0 Å². The van der Waals surface area contributed by atoms with E-state index < -0.39 is 0 Å². The quantitative estimate of drug-likeness (QED) is 0.751. The van der Waals surface area contributed by atoms with Crippen molar-refractivity contribution in [2.75, 3.05) is 0 Å². The van der Waals surface area contributed by atoms with Crippen molar-refractivity contribution in [3.8, 4) is 0 Å². The number of allylic oxidation sites excluding steroid dienone is 6. The zero-order valence-electron chi connectivity index (χ0n) is 15.2.